The summed E-state index contributed by atoms with van der Waals surface area (Å²) < 4.78 is 0. The van der Waals surface area contributed by atoms with Crippen molar-refractivity contribution < 1.29 is 0 Å². The minimum Gasteiger partial charge on any atom is -0.330 e. The van der Waals surface area contributed by atoms with E-state index in [0.717, 1.165) is 32.1 Å². The Hall–Kier alpha value is -0.860. The average Bonchev–Trinajstić information content (AvgIpc) is 3.24. The van der Waals surface area contributed by atoms with E-state index < -0.39 is 0 Å². The summed E-state index contributed by atoms with van der Waals surface area (Å²) >= 11 is 0. The molecule has 1 saturated carbocycles. The fourth-order valence-electron chi connectivity index (χ4n) is 2.77. The van der Waals surface area contributed by atoms with E-state index in [-0.39, 0.29) is 5.41 Å². The number of benzene rings is 1. The Bertz CT molecular complexity index is 404. The van der Waals surface area contributed by atoms with Crippen molar-refractivity contribution in [3.63, 3.8) is 0 Å². The summed E-state index contributed by atoms with van der Waals surface area (Å²) in [6.07, 6.45) is 3.96. The summed E-state index contributed by atoms with van der Waals surface area (Å²) in [7, 11) is 0. The zero-order valence-corrected chi connectivity index (χ0v) is 13.4. The van der Waals surface area contributed by atoms with Crippen molar-refractivity contribution in [3.05, 3.63) is 35.4 Å². The second-order valence-corrected chi connectivity index (χ2v) is 7.09. The molecule has 20 heavy (non-hydrogen) atoms. The largest absolute Gasteiger partial charge is 0.330 e. The molecule has 0 radical (unpaired) electrons. The van der Waals surface area contributed by atoms with Crippen LogP contribution in [0.3, 0.4) is 0 Å². The quantitative estimate of drug-likeness (QED) is 0.782. The number of hydrogen-bond donors (Lipinski definition) is 1. The lowest BCUT2D eigenvalue weighted by atomic mass is 9.92. The van der Waals surface area contributed by atoms with Gasteiger partial charge in [-0.1, -0.05) is 45.0 Å². The summed E-state index contributed by atoms with van der Waals surface area (Å²) in [5.41, 5.74) is 9.03. The summed E-state index contributed by atoms with van der Waals surface area (Å²) in [6, 6.07) is 9.27. The first kappa shape index (κ1) is 15.5. The molecule has 1 aromatic carbocycles. The molecular weight excluding hydrogens is 244 g/mol. The van der Waals surface area contributed by atoms with Gasteiger partial charge in [-0.15, -0.1) is 0 Å². The Morgan fingerprint density at radius 2 is 1.85 bits per heavy atom. The summed E-state index contributed by atoms with van der Waals surface area (Å²) in [4.78, 5) is 2.54. The number of rotatable bonds is 8. The summed E-state index contributed by atoms with van der Waals surface area (Å²) in [5.74, 6) is 0.854. The SMILES string of the molecule is CCCN(Cc1ccc(C2CC2)cc1)CC(C)(C)CN. The maximum atomic E-state index is 5.88. The van der Waals surface area contributed by atoms with Gasteiger partial charge in [-0.3, -0.25) is 4.90 Å². The Morgan fingerprint density at radius 3 is 2.35 bits per heavy atom. The van der Waals surface area contributed by atoms with Gasteiger partial charge in [0.15, 0.2) is 0 Å². The second kappa shape index (κ2) is 6.73. The third-order valence-corrected chi connectivity index (χ3v) is 4.18. The summed E-state index contributed by atoms with van der Waals surface area (Å²) in [6.45, 7) is 10.8. The van der Waals surface area contributed by atoms with Crippen molar-refractivity contribution in [1.29, 1.82) is 0 Å². The molecule has 112 valence electrons. The van der Waals surface area contributed by atoms with E-state index in [4.69, 9.17) is 5.73 Å². The molecule has 0 atom stereocenters. The van der Waals surface area contributed by atoms with E-state index in [1.807, 2.05) is 0 Å². The van der Waals surface area contributed by atoms with Gasteiger partial charge in [0.25, 0.3) is 0 Å². The van der Waals surface area contributed by atoms with Crippen molar-refractivity contribution in [2.24, 2.45) is 11.1 Å². The van der Waals surface area contributed by atoms with E-state index >= 15 is 0 Å². The standard InChI is InChI=1S/C18H30N2/c1-4-11-20(14-18(2,3)13-19)12-15-5-7-16(8-6-15)17-9-10-17/h5-8,17H,4,9-14,19H2,1-3H3. The van der Waals surface area contributed by atoms with Crippen molar-refractivity contribution in [1.82, 2.24) is 4.90 Å². The molecule has 0 aromatic heterocycles. The minimum atomic E-state index is 0.198. The van der Waals surface area contributed by atoms with Crippen LogP contribution in [0.15, 0.2) is 24.3 Å². The highest BCUT2D eigenvalue weighted by atomic mass is 15.1. The van der Waals surface area contributed by atoms with Gasteiger partial charge in [0.1, 0.15) is 0 Å². The molecule has 2 N–H and O–H groups in total. The van der Waals surface area contributed by atoms with Gasteiger partial charge in [0, 0.05) is 13.1 Å². The summed E-state index contributed by atoms with van der Waals surface area (Å²) in [5, 5.41) is 0. The molecule has 0 unspecified atom stereocenters. The van der Waals surface area contributed by atoms with Crippen LogP contribution < -0.4 is 5.73 Å². The molecule has 0 amide bonds. The Labute approximate surface area is 124 Å². The molecule has 1 fully saturated rings. The van der Waals surface area contributed by atoms with Crippen molar-refractivity contribution in [3.8, 4) is 0 Å². The van der Waals surface area contributed by atoms with E-state index in [9.17, 15) is 0 Å². The smallest absolute Gasteiger partial charge is 0.0233 e. The van der Waals surface area contributed by atoms with Crippen LogP contribution in [0.4, 0.5) is 0 Å². The maximum Gasteiger partial charge on any atom is 0.0233 e. The van der Waals surface area contributed by atoms with E-state index in [1.54, 1.807) is 0 Å². The normalized spacial score (nSPS) is 15.8. The lowest BCUT2D eigenvalue weighted by molar-refractivity contribution is 0.176. The second-order valence-electron chi connectivity index (χ2n) is 7.09. The van der Waals surface area contributed by atoms with E-state index in [2.05, 4.69) is 49.9 Å². The number of hydrogen-bond acceptors (Lipinski definition) is 2. The molecule has 2 nitrogen and oxygen atoms in total. The third-order valence-electron chi connectivity index (χ3n) is 4.18. The van der Waals surface area contributed by atoms with Gasteiger partial charge in [-0.05, 0) is 54.8 Å². The molecule has 2 rings (SSSR count). The molecule has 0 aliphatic heterocycles. The van der Waals surface area contributed by atoms with Gasteiger partial charge in [0.2, 0.25) is 0 Å². The highest BCUT2D eigenvalue weighted by Gasteiger charge is 2.23. The van der Waals surface area contributed by atoms with Crippen LogP contribution in [0.25, 0.3) is 0 Å². The molecule has 1 aromatic rings. The highest BCUT2D eigenvalue weighted by molar-refractivity contribution is 5.28. The molecule has 1 aliphatic carbocycles. The molecular formula is C18H30N2. The van der Waals surface area contributed by atoms with Crippen LogP contribution in [0.2, 0.25) is 0 Å². The van der Waals surface area contributed by atoms with Gasteiger partial charge in [0.05, 0.1) is 0 Å². The van der Waals surface area contributed by atoms with Gasteiger partial charge in [-0.2, -0.15) is 0 Å². The lowest BCUT2D eigenvalue weighted by Gasteiger charge is -2.31. The van der Waals surface area contributed by atoms with E-state index in [1.165, 1.54) is 30.4 Å². The first-order chi connectivity index (χ1) is 9.54. The van der Waals surface area contributed by atoms with Gasteiger partial charge >= 0.3 is 0 Å². The van der Waals surface area contributed by atoms with Gasteiger partial charge in [-0.25, -0.2) is 0 Å². The number of nitrogens with two attached hydrogens (primary N) is 1. The Morgan fingerprint density at radius 1 is 1.20 bits per heavy atom. The van der Waals surface area contributed by atoms with Crippen LogP contribution in [0.1, 0.15) is 57.1 Å². The Balaban J connectivity index is 1.95. The predicted molar refractivity (Wildman–Crippen MR) is 86.8 cm³/mol. The Kier molecular flexibility index (Phi) is 5.22. The van der Waals surface area contributed by atoms with Gasteiger partial charge < -0.3 is 5.73 Å². The van der Waals surface area contributed by atoms with Crippen molar-refractivity contribution >= 4 is 0 Å². The minimum absolute atomic E-state index is 0.198. The molecule has 0 saturated heterocycles. The molecule has 0 heterocycles. The fraction of sp³-hybridized carbons (Fsp3) is 0.667. The number of nitrogens with zero attached hydrogens (tertiary/aromatic N) is 1. The topological polar surface area (TPSA) is 29.3 Å². The first-order valence-electron chi connectivity index (χ1n) is 8.05. The maximum absolute atomic E-state index is 5.88. The first-order valence-corrected chi connectivity index (χ1v) is 8.05. The third kappa shape index (κ3) is 4.60. The highest BCUT2D eigenvalue weighted by Crippen LogP contribution is 2.39. The fourth-order valence-corrected chi connectivity index (χ4v) is 2.77. The van der Waals surface area contributed by atoms with Crippen LogP contribution in [-0.2, 0) is 6.54 Å². The predicted octanol–water partition coefficient (Wildman–Crippen LogP) is 3.76. The van der Waals surface area contributed by atoms with Crippen LogP contribution >= 0.6 is 0 Å². The zero-order valence-electron chi connectivity index (χ0n) is 13.4. The average molecular weight is 274 g/mol. The lowest BCUT2D eigenvalue weighted by Crippen LogP contribution is -2.38. The van der Waals surface area contributed by atoms with Crippen LogP contribution in [0, 0.1) is 5.41 Å². The van der Waals surface area contributed by atoms with Crippen molar-refractivity contribution in [2.45, 2.75) is 52.5 Å². The van der Waals surface area contributed by atoms with Crippen LogP contribution in [0.5, 0.6) is 0 Å². The zero-order chi connectivity index (χ0) is 14.6. The molecule has 0 spiro atoms. The van der Waals surface area contributed by atoms with Crippen LogP contribution in [-0.4, -0.2) is 24.5 Å². The monoisotopic (exact) mass is 274 g/mol. The molecule has 2 heteroatoms. The van der Waals surface area contributed by atoms with E-state index in [0.29, 0.717) is 0 Å². The van der Waals surface area contributed by atoms with Crippen molar-refractivity contribution in [2.75, 3.05) is 19.6 Å². The molecule has 1 aliphatic rings. The molecule has 0 bridgehead atoms.